The molecule has 1 heterocycles. The summed E-state index contributed by atoms with van der Waals surface area (Å²) in [6.45, 7) is 5.45. The van der Waals surface area contributed by atoms with Gasteiger partial charge in [0.25, 0.3) is 0 Å². The molecular weight excluding hydrogens is 286 g/mol. The van der Waals surface area contributed by atoms with E-state index < -0.39 is 9.84 Å². The van der Waals surface area contributed by atoms with Gasteiger partial charge in [0, 0.05) is 12.6 Å². The van der Waals surface area contributed by atoms with Crippen molar-refractivity contribution >= 4 is 9.84 Å². The van der Waals surface area contributed by atoms with Gasteiger partial charge in [-0.2, -0.15) is 0 Å². The van der Waals surface area contributed by atoms with E-state index in [2.05, 4.69) is 5.32 Å². The topological polar surface area (TPSA) is 55.4 Å². The van der Waals surface area contributed by atoms with Crippen LogP contribution < -0.4 is 5.32 Å². The zero-order valence-corrected chi connectivity index (χ0v) is 13.7. The maximum Gasteiger partial charge on any atom is 0.154 e. The number of sulfone groups is 1. The van der Waals surface area contributed by atoms with Gasteiger partial charge in [0.1, 0.15) is 0 Å². The molecule has 2 unspecified atom stereocenters. The fourth-order valence-electron chi connectivity index (χ4n) is 2.86. The molecule has 118 valence electrons. The lowest BCUT2D eigenvalue weighted by molar-refractivity contribution is 0.127. The number of aryl methyl sites for hydroxylation is 1. The van der Waals surface area contributed by atoms with Gasteiger partial charge in [-0.3, -0.25) is 0 Å². The van der Waals surface area contributed by atoms with Crippen molar-refractivity contribution in [1.82, 2.24) is 5.32 Å². The highest BCUT2D eigenvalue weighted by atomic mass is 32.2. The maximum absolute atomic E-state index is 12.4. The fourth-order valence-corrected chi connectivity index (χ4v) is 4.63. The van der Waals surface area contributed by atoms with E-state index in [0.29, 0.717) is 6.61 Å². The minimum absolute atomic E-state index is 0.117. The Morgan fingerprint density at radius 3 is 2.76 bits per heavy atom. The van der Waals surface area contributed by atoms with Crippen LogP contribution in [-0.4, -0.2) is 39.2 Å². The van der Waals surface area contributed by atoms with Crippen LogP contribution in [0.4, 0.5) is 0 Å². The summed E-state index contributed by atoms with van der Waals surface area (Å²) in [5, 5.41) is 3.30. The number of hydrogen-bond donors (Lipinski definition) is 1. The zero-order chi connectivity index (χ0) is 15.3. The number of nitrogens with one attached hydrogen (secondary N) is 1. The Balaban J connectivity index is 2.10. The number of rotatable bonds is 7. The zero-order valence-electron chi connectivity index (χ0n) is 12.8. The monoisotopic (exact) mass is 311 g/mol. The molecule has 0 aromatic heterocycles. The van der Waals surface area contributed by atoms with Crippen LogP contribution in [0.15, 0.2) is 24.3 Å². The van der Waals surface area contributed by atoms with E-state index in [1.807, 2.05) is 38.1 Å². The predicted molar refractivity (Wildman–Crippen MR) is 85.2 cm³/mol. The molecule has 1 aromatic carbocycles. The predicted octanol–water partition coefficient (Wildman–Crippen LogP) is 2.24. The molecule has 0 amide bonds. The van der Waals surface area contributed by atoms with Crippen LogP contribution in [0.2, 0.25) is 0 Å². The summed E-state index contributed by atoms with van der Waals surface area (Å²) in [7, 11) is -3.14. The van der Waals surface area contributed by atoms with E-state index in [1.54, 1.807) is 0 Å². The highest BCUT2D eigenvalue weighted by Gasteiger charge is 2.27. The Morgan fingerprint density at radius 2 is 2.14 bits per heavy atom. The summed E-state index contributed by atoms with van der Waals surface area (Å²) in [5.41, 5.74) is 2.19. The van der Waals surface area contributed by atoms with Gasteiger partial charge in [-0.05, 0) is 37.4 Å². The van der Waals surface area contributed by atoms with Crippen molar-refractivity contribution in [1.29, 1.82) is 0 Å². The standard InChI is InChI=1S/C16H25NO3S/c1-3-17-16(15-9-5-4-7-13(15)2)12-21(18,19)11-14-8-6-10-20-14/h4-5,7,9,14,16-17H,3,6,8,10-12H2,1-2H3. The first-order valence-corrected chi connectivity index (χ1v) is 9.45. The van der Waals surface area contributed by atoms with Gasteiger partial charge in [0.15, 0.2) is 9.84 Å². The molecule has 1 aliphatic rings. The number of benzene rings is 1. The second-order valence-corrected chi connectivity index (χ2v) is 7.83. The normalized spacial score (nSPS) is 20.6. The molecule has 2 atom stereocenters. The third-order valence-electron chi connectivity index (χ3n) is 3.90. The van der Waals surface area contributed by atoms with Crippen LogP contribution in [0, 0.1) is 6.92 Å². The van der Waals surface area contributed by atoms with E-state index in [1.165, 1.54) is 0 Å². The van der Waals surface area contributed by atoms with Gasteiger partial charge in [-0.25, -0.2) is 8.42 Å². The van der Waals surface area contributed by atoms with E-state index in [-0.39, 0.29) is 23.7 Å². The summed E-state index contributed by atoms with van der Waals surface area (Å²) in [5.74, 6) is 0.270. The molecule has 1 N–H and O–H groups in total. The Hall–Kier alpha value is -0.910. The maximum atomic E-state index is 12.4. The van der Waals surface area contributed by atoms with Gasteiger partial charge in [-0.15, -0.1) is 0 Å². The molecule has 1 aliphatic heterocycles. The molecule has 5 heteroatoms. The van der Waals surface area contributed by atoms with Gasteiger partial charge in [0.2, 0.25) is 0 Å². The third kappa shape index (κ3) is 4.80. The van der Waals surface area contributed by atoms with Crippen LogP contribution >= 0.6 is 0 Å². The molecule has 0 aliphatic carbocycles. The van der Waals surface area contributed by atoms with Crippen molar-refractivity contribution < 1.29 is 13.2 Å². The van der Waals surface area contributed by atoms with Crippen molar-refractivity contribution in [3.05, 3.63) is 35.4 Å². The van der Waals surface area contributed by atoms with Crippen molar-refractivity contribution in [3.63, 3.8) is 0 Å². The van der Waals surface area contributed by atoms with Crippen LogP contribution in [0.5, 0.6) is 0 Å². The van der Waals surface area contributed by atoms with E-state index in [0.717, 1.165) is 30.5 Å². The first-order chi connectivity index (χ1) is 10.0. The molecule has 2 rings (SSSR count). The first-order valence-electron chi connectivity index (χ1n) is 7.63. The Kier molecular flexibility index (Phi) is 5.79. The number of hydrogen-bond acceptors (Lipinski definition) is 4. The smallest absolute Gasteiger partial charge is 0.154 e. The lowest BCUT2D eigenvalue weighted by Crippen LogP contribution is -2.32. The van der Waals surface area contributed by atoms with Crippen molar-refractivity contribution in [2.24, 2.45) is 0 Å². The van der Waals surface area contributed by atoms with Crippen LogP contribution in [-0.2, 0) is 14.6 Å². The lowest BCUT2D eigenvalue weighted by atomic mass is 10.0. The van der Waals surface area contributed by atoms with Crippen LogP contribution in [0.1, 0.15) is 36.9 Å². The summed E-state index contributed by atoms with van der Waals surface area (Å²) in [6, 6.07) is 7.81. The average molecular weight is 311 g/mol. The highest BCUT2D eigenvalue weighted by Crippen LogP contribution is 2.21. The first kappa shape index (κ1) is 16.5. The molecule has 0 bridgehead atoms. The Bertz CT molecular complexity index is 550. The highest BCUT2D eigenvalue weighted by molar-refractivity contribution is 7.91. The second-order valence-electron chi connectivity index (χ2n) is 5.68. The Morgan fingerprint density at radius 1 is 1.38 bits per heavy atom. The van der Waals surface area contributed by atoms with Crippen molar-refractivity contribution in [2.75, 3.05) is 24.7 Å². The summed E-state index contributed by atoms with van der Waals surface area (Å²) in [4.78, 5) is 0. The van der Waals surface area contributed by atoms with E-state index >= 15 is 0 Å². The van der Waals surface area contributed by atoms with E-state index in [4.69, 9.17) is 4.74 Å². The van der Waals surface area contributed by atoms with E-state index in [9.17, 15) is 8.42 Å². The van der Waals surface area contributed by atoms with Crippen LogP contribution in [0.25, 0.3) is 0 Å². The Labute approximate surface area is 127 Å². The van der Waals surface area contributed by atoms with Gasteiger partial charge in [0.05, 0.1) is 17.6 Å². The summed E-state index contributed by atoms with van der Waals surface area (Å²) >= 11 is 0. The summed E-state index contributed by atoms with van der Waals surface area (Å²) in [6.07, 6.45) is 1.71. The van der Waals surface area contributed by atoms with Crippen LogP contribution in [0.3, 0.4) is 0 Å². The lowest BCUT2D eigenvalue weighted by Gasteiger charge is -2.21. The molecule has 1 aromatic rings. The molecule has 0 saturated carbocycles. The SMILES string of the molecule is CCNC(CS(=O)(=O)CC1CCCO1)c1ccccc1C. The molecule has 0 radical (unpaired) electrons. The molecule has 1 fully saturated rings. The van der Waals surface area contributed by atoms with Crippen molar-refractivity contribution in [2.45, 2.75) is 38.8 Å². The molecule has 4 nitrogen and oxygen atoms in total. The van der Waals surface area contributed by atoms with Gasteiger partial charge in [-0.1, -0.05) is 31.2 Å². The minimum Gasteiger partial charge on any atom is -0.377 e. The average Bonchev–Trinajstić information content (AvgIpc) is 2.90. The second kappa shape index (κ2) is 7.38. The largest absolute Gasteiger partial charge is 0.377 e. The van der Waals surface area contributed by atoms with Crippen molar-refractivity contribution in [3.8, 4) is 0 Å². The fraction of sp³-hybridized carbons (Fsp3) is 0.625. The quantitative estimate of drug-likeness (QED) is 0.839. The van der Waals surface area contributed by atoms with Gasteiger partial charge >= 0.3 is 0 Å². The van der Waals surface area contributed by atoms with Gasteiger partial charge < -0.3 is 10.1 Å². The molecule has 0 spiro atoms. The third-order valence-corrected chi connectivity index (χ3v) is 5.62. The molecule has 21 heavy (non-hydrogen) atoms. The summed E-state index contributed by atoms with van der Waals surface area (Å²) < 4.78 is 30.3. The molecule has 1 saturated heterocycles. The minimum atomic E-state index is -3.14. The molecular formula is C16H25NO3S. The number of ether oxygens (including phenoxy) is 1.